The Labute approximate surface area is 188 Å². The Morgan fingerprint density at radius 3 is 2.25 bits per heavy atom. The van der Waals surface area contributed by atoms with Gasteiger partial charge in [0.1, 0.15) is 5.82 Å². The van der Waals surface area contributed by atoms with Crippen molar-refractivity contribution in [3.8, 4) is 0 Å². The molecule has 162 valence electrons. The summed E-state index contributed by atoms with van der Waals surface area (Å²) in [5.41, 5.74) is 1.82. The lowest BCUT2D eigenvalue weighted by Gasteiger charge is -2.36. The van der Waals surface area contributed by atoms with E-state index in [-0.39, 0.29) is 16.3 Å². The number of hydrogen-bond acceptors (Lipinski definition) is 6. The van der Waals surface area contributed by atoms with Crippen molar-refractivity contribution in [1.82, 2.24) is 4.90 Å². The van der Waals surface area contributed by atoms with E-state index in [1.54, 1.807) is 42.5 Å². The number of hydrogen-bond donors (Lipinski definition) is 0. The normalized spacial score (nSPS) is 20.7. The number of halogens is 1. The zero-order chi connectivity index (χ0) is 22.4. The average Bonchev–Trinajstić information content (AvgIpc) is 3.30. The number of para-hydroxylation sites is 2. The molecule has 0 radical (unpaired) electrons. The molecular formula is C23H19FN4O3S. The number of amidine groups is 1. The van der Waals surface area contributed by atoms with Crippen molar-refractivity contribution in [2.45, 2.75) is 6.92 Å². The van der Waals surface area contributed by atoms with E-state index in [9.17, 15) is 18.8 Å². The third kappa shape index (κ3) is 3.29. The largest absolute Gasteiger partial charge is 0.366 e. The van der Waals surface area contributed by atoms with Crippen molar-refractivity contribution < 1.29 is 18.8 Å². The molecule has 7 nitrogen and oxygen atoms in total. The van der Waals surface area contributed by atoms with Crippen LogP contribution in [0.4, 0.5) is 15.8 Å². The number of anilines is 2. The smallest absolute Gasteiger partial charge is 0.287 e. The highest BCUT2D eigenvalue weighted by molar-refractivity contribution is 8.18. The maximum absolute atomic E-state index is 14.1. The Morgan fingerprint density at radius 2 is 1.56 bits per heavy atom. The fraction of sp³-hybridized carbons (Fsp3) is 0.217. The van der Waals surface area contributed by atoms with Gasteiger partial charge in [0.25, 0.3) is 11.8 Å². The summed E-state index contributed by atoms with van der Waals surface area (Å²) in [5.74, 6) is -1.65. The second-order valence-electron chi connectivity index (χ2n) is 7.61. The van der Waals surface area contributed by atoms with Crippen LogP contribution >= 0.6 is 11.8 Å². The molecule has 3 amide bonds. The predicted octanol–water partition coefficient (Wildman–Crippen LogP) is 2.88. The number of thioether (sulfide) groups is 1. The summed E-state index contributed by atoms with van der Waals surface area (Å²) in [5, 5.41) is 0.525. The van der Waals surface area contributed by atoms with Crippen molar-refractivity contribution in [2.75, 3.05) is 36.0 Å². The Kier molecular flexibility index (Phi) is 5.05. The zero-order valence-corrected chi connectivity index (χ0v) is 18.1. The molecule has 2 aromatic rings. The molecule has 1 saturated heterocycles. The SMILES string of the molecule is CC(=O)N1C(=O)C(=C2SC(N3CCN(c4ccccc4F)CC3)=NC2=O)c2ccccc21. The number of carbonyl (C=O) groups excluding carboxylic acids is 3. The highest BCUT2D eigenvalue weighted by atomic mass is 32.2. The second-order valence-corrected chi connectivity index (χ2v) is 8.59. The molecule has 0 aromatic heterocycles. The molecule has 0 spiro atoms. The number of imide groups is 1. The van der Waals surface area contributed by atoms with Gasteiger partial charge in [0.05, 0.1) is 21.9 Å². The first-order valence-electron chi connectivity index (χ1n) is 10.2. The fourth-order valence-corrected chi connectivity index (χ4v) is 5.24. The topological polar surface area (TPSA) is 73.3 Å². The summed E-state index contributed by atoms with van der Waals surface area (Å²) in [6.45, 7) is 3.63. The molecule has 0 N–H and O–H groups in total. The summed E-state index contributed by atoms with van der Waals surface area (Å²) in [6, 6.07) is 13.6. The quantitative estimate of drug-likeness (QED) is 0.622. The standard InChI is InChI=1S/C23H19FN4O3S/c1-14(29)28-17-8-4-2-6-15(17)19(22(28)31)20-21(30)25-23(32-20)27-12-10-26(11-13-27)18-9-5-3-7-16(18)24/h2-9H,10-13H2,1H3. The maximum Gasteiger partial charge on any atom is 0.287 e. The molecule has 9 heteroatoms. The third-order valence-electron chi connectivity index (χ3n) is 5.70. The lowest BCUT2D eigenvalue weighted by Crippen LogP contribution is -2.48. The lowest BCUT2D eigenvalue weighted by atomic mass is 10.1. The van der Waals surface area contributed by atoms with Crippen LogP contribution in [0.5, 0.6) is 0 Å². The first-order chi connectivity index (χ1) is 15.5. The Balaban J connectivity index is 1.38. The van der Waals surface area contributed by atoms with Crippen LogP contribution < -0.4 is 9.80 Å². The van der Waals surface area contributed by atoms with Crippen LogP contribution in [0.25, 0.3) is 5.57 Å². The average molecular weight is 450 g/mol. The maximum atomic E-state index is 14.1. The van der Waals surface area contributed by atoms with Gasteiger partial charge in [-0.15, -0.1) is 0 Å². The fourth-order valence-electron chi connectivity index (χ4n) is 4.18. The van der Waals surface area contributed by atoms with Gasteiger partial charge < -0.3 is 9.80 Å². The van der Waals surface area contributed by atoms with Crippen molar-refractivity contribution in [2.24, 2.45) is 4.99 Å². The summed E-state index contributed by atoms with van der Waals surface area (Å²) < 4.78 is 14.1. The molecule has 3 heterocycles. The van der Waals surface area contributed by atoms with E-state index in [0.29, 0.717) is 48.3 Å². The van der Waals surface area contributed by atoms with Crippen LogP contribution in [-0.2, 0) is 14.4 Å². The number of amides is 3. The Morgan fingerprint density at radius 1 is 0.938 bits per heavy atom. The van der Waals surface area contributed by atoms with Gasteiger partial charge in [-0.25, -0.2) is 9.29 Å². The molecule has 0 aliphatic carbocycles. The molecule has 1 fully saturated rings. The van der Waals surface area contributed by atoms with Gasteiger partial charge in [-0.2, -0.15) is 4.99 Å². The van der Waals surface area contributed by atoms with Crippen LogP contribution in [0.3, 0.4) is 0 Å². The van der Waals surface area contributed by atoms with Gasteiger partial charge in [-0.3, -0.25) is 14.4 Å². The van der Waals surface area contributed by atoms with Gasteiger partial charge in [0, 0.05) is 38.7 Å². The first-order valence-corrected chi connectivity index (χ1v) is 11.0. The molecule has 0 atom stereocenters. The van der Waals surface area contributed by atoms with E-state index in [2.05, 4.69) is 4.99 Å². The monoisotopic (exact) mass is 450 g/mol. The first kappa shape index (κ1) is 20.4. The van der Waals surface area contributed by atoms with E-state index in [1.807, 2.05) is 9.80 Å². The van der Waals surface area contributed by atoms with Crippen LogP contribution in [-0.4, -0.2) is 54.0 Å². The van der Waals surface area contributed by atoms with Crippen molar-refractivity contribution >= 4 is 51.6 Å². The van der Waals surface area contributed by atoms with Gasteiger partial charge >= 0.3 is 0 Å². The van der Waals surface area contributed by atoms with Gasteiger partial charge in [-0.05, 0) is 30.0 Å². The number of aliphatic imine (C=N–C) groups is 1. The van der Waals surface area contributed by atoms with Gasteiger partial charge in [-0.1, -0.05) is 30.3 Å². The van der Waals surface area contributed by atoms with E-state index in [1.165, 1.54) is 13.0 Å². The van der Waals surface area contributed by atoms with E-state index < -0.39 is 17.7 Å². The summed E-state index contributed by atoms with van der Waals surface area (Å²) in [7, 11) is 0. The summed E-state index contributed by atoms with van der Waals surface area (Å²) in [6.07, 6.45) is 0. The number of fused-ring (bicyclic) bond motifs is 1. The highest BCUT2D eigenvalue weighted by Gasteiger charge is 2.41. The molecule has 5 rings (SSSR count). The summed E-state index contributed by atoms with van der Waals surface area (Å²) in [4.78, 5) is 47.3. The second kappa shape index (κ2) is 7.90. The number of carbonyl (C=O) groups is 3. The van der Waals surface area contributed by atoms with Gasteiger partial charge in [0.2, 0.25) is 5.91 Å². The van der Waals surface area contributed by atoms with Crippen LogP contribution in [0.15, 0.2) is 58.4 Å². The highest BCUT2D eigenvalue weighted by Crippen LogP contribution is 2.43. The molecule has 3 aliphatic heterocycles. The van der Waals surface area contributed by atoms with Crippen molar-refractivity contribution in [1.29, 1.82) is 0 Å². The van der Waals surface area contributed by atoms with Crippen LogP contribution in [0.1, 0.15) is 12.5 Å². The van der Waals surface area contributed by atoms with E-state index in [4.69, 9.17) is 0 Å². The van der Waals surface area contributed by atoms with E-state index >= 15 is 0 Å². The molecular weight excluding hydrogens is 431 g/mol. The third-order valence-corrected chi connectivity index (χ3v) is 6.82. The van der Waals surface area contributed by atoms with Crippen molar-refractivity contribution in [3.63, 3.8) is 0 Å². The summed E-state index contributed by atoms with van der Waals surface area (Å²) >= 11 is 1.16. The van der Waals surface area contributed by atoms with E-state index in [0.717, 1.165) is 16.7 Å². The van der Waals surface area contributed by atoms with Gasteiger partial charge in [0.15, 0.2) is 5.17 Å². The molecule has 0 unspecified atom stereocenters. The Bertz CT molecular complexity index is 1220. The zero-order valence-electron chi connectivity index (χ0n) is 17.2. The molecule has 0 saturated carbocycles. The van der Waals surface area contributed by atoms with Crippen LogP contribution in [0.2, 0.25) is 0 Å². The Hall–Kier alpha value is -3.46. The van der Waals surface area contributed by atoms with Crippen LogP contribution in [0, 0.1) is 5.82 Å². The predicted molar refractivity (Wildman–Crippen MR) is 122 cm³/mol. The molecule has 32 heavy (non-hydrogen) atoms. The minimum absolute atomic E-state index is 0.217. The lowest BCUT2D eigenvalue weighted by molar-refractivity contribution is -0.122. The molecule has 3 aliphatic rings. The molecule has 2 aromatic carbocycles. The minimum Gasteiger partial charge on any atom is -0.366 e. The number of piperazine rings is 1. The number of benzene rings is 2. The number of nitrogens with zero attached hydrogens (tertiary/aromatic N) is 4. The van der Waals surface area contributed by atoms with Crippen molar-refractivity contribution in [3.05, 3.63) is 64.8 Å². The minimum atomic E-state index is -0.504. The molecule has 0 bridgehead atoms. The number of rotatable bonds is 1.